The lowest BCUT2D eigenvalue weighted by Gasteiger charge is -2.34. The van der Waals surface area contributed by atoms with Crippen LogP contribution in [0.4, 0.5) is 5.69 Å². The number of carbonyl (C=O) groups is 1. The van der Waals surface area contributed by atoms with E-state index in [1.165, 1.54) is 5.06 Å². The molecule has 1 aliphatic rings. The van der Waals surface area contributed by atoms with E-state index in [4.69, 9.17) is 33.8 Å². The second-order valence-electron chi connectivity index (χ2n) is 4.27. The fraction of sp³-hybridized carbons (Fsp3) is 0.417. The molecule has 0 fully saturated rings. The summed E-state index contributed by atoms with van der Waals surface area (Å²) in [5.41, 5.74) is 7.45. The third kappa shape index (κ3) is 3.12. The minimum atomic E-state index is -0.606. The molecule has 5 nitrogen and oxygen atoms in total. The molecule has 0 radical (unpaired) electrons. The van der Waals surface area contributed by atoms with Gasteiger partial charge in [-0.2, -0.15) is 0 Å². The molecule has 1 aliphatic heterocycles. The summed E-state index contributed by atoms with van der Waals surface area (Å²) in [7, 11) is 0. The van der Waals surface area contributed by atoms with E-state index < -0.39 is 6.29 Å². The van der Waals surface area contributed by atoms with E-state index >= 15 is 0 Å². The molecule has 1 aromatic carbocycles. The molecule has 0 bridgehead atoms. The van der Waals surface area contributed by atoms with Crippen LogP contribution in [-0.4, -0.2) is 17.3 Å². The molecule has 0 aliphatic carbocycles. The van der Waals surface area contributed by atoms with Gasteiger partial charge in [0.1, 0.15) is 0 Å². The van der Waals surface area contributed by atoms with Gasteiger partial charge in [0.2, 0.25) is 0 Å². The quantitative estimate of drug-likeness (QED) is 0.898. The monoisotopic (exact) mass is 303 g/mol. The van der Waals surface area contributed by atoms with Crippen LogP contribution in [0.3, 0.4) is 0 Å². The van der Waals surface area contributed by atoms with Crippen molar-refractivity contribution in [1.82, 2.24) is 5.06 Å². The Hall–Kier alpha value is -1.01. The van der Waals surface area contributed by atoms with Gasteiger partial charge in [-0.1, -0.05) is 35.2 Å². The third-order valence-corrected chi connectivity index (χ3v) is 3.64. The van der Waals surface area contributed by atoms with Crippen molar-refractivity contribution in [2.24, 2.45) is 5.73 Å². The molecule has 0 spiro atoms. The van der Waals surface area contributed by atoms with Crippen LogP contribution in [0, 0.1) is 0 Å². The van der Waals surface area contributed by atoms with E-state index in [1.807, 2.05) is 6.92 Å². The number of anilines is 1. The van der Waals surface area contributed by atoms with Crippen molar-refractivity contribution in [2.45, 2.75) is 32.6 Å². The standard InChI is InChI=1S/C12H15Cl2N3O2/c1-2-3-10(18)19-17-6-7-9(16-12(17)15)5-4-8(13)11(7)14/h4-5,12,16H,2-3,6,15H2,1H3. The summed E-state index contributed by atoms with van der Waals surface area (Å²) in [5.74, 6) is -0.318. The van der Waals surface area contributed by atoms with Crippen LogP contribution in [0.5, 0.6) is 0 Å². The van der Waals surface area contributed by atoms with Crippen LogP contribution in [-0.2, 0) is 16.2 Å². The summed E-state index contributed by atoms with van der Waals surface area (Å²) in [4.78, 5) is 16.7. The van der Waals surface area contributed by atoms with Gasteiger partial charge in [-0.3, -0.25) is 10.5 Å². The lowest BCUT2D eigenvalue weighted by molar-refractivity contribution is -0.204. The molecule has 0 saturated carbocycles. The SMILES string of the molecule is CCCC(=O)ON1Cc2c(ccc(Cl)c2Cl)NC1N. The van der Waals surface area contributed by atoms with Gasteiger partial charge < -0.3 is 10.2 Å². The number of benzene rings is 1. The summed E-state index contributed by atoms with van der Waals surface area (Å²) < 4.78 is 0. The summed E-state index contributed by atoms with van der Waals surface area (Å²) >= 11 is 12.1. The van der Waals surface area contributed by atoms with Gasteiger partial charge in [0, 0.05) is 17.7 Å². The van der Waals surface area contributed by atoms with Gasteiger partial charge >= 0.3 is 5.97 Å². The fourth-order valence-electron chi connectivity index (χ4n) is 1.84. The van der Waals surface area contributed by atoms with Crippen molar-refractivity contribution in [1.29, 1.82) is 0 Å². The van der Waals surface area contributed by atoms with Crippen molar-refractivity contribution in [3.8, 4) is 0 Å². The fourth-order valence-corrected chi connectivity index (χ4v) is 2.24. The van der Waals surface area contributed by atoms with Crippen molar-refractivity contribution < 1.29 is 9.63 Å². The molecule has 19 heavy (non-hydrogen) atoms. The number of nitrogens with two attached hydrogens (primary N) is 1. The van der Waals surface area contributed by atoms with Crippen molar-refractivity contribution >= 4 is 34.9 Å². The van der Waals surface area contributed by atoms with Crippen LogP contribution in [0.2, 0.25) is 10.0 Å². The Balaban J connectivity index is 2.18. The number of carbonyl (C=O) groups excluding carboxylic acids is 1. The first-order chi connectivity index (χ1) is 9.02. The van der Waals surface area contributed by atoms with Crippen LogP contribution in [0.25, 0.3) is 0 Å². The Bertz CT molecular complexity index is 496. The van der Waals surface area contributed by atoms with Gasteiger partial charge in [0.25, 0.3) is 0 Å². The largest absolute Gasteiger partial charge is 0.364 e. The van der Waals surface area contributed by atoms with Crippen LogP contribution >= 0.6 is 23.2 Å². The van der Waals surface area contributed by atoms with E-state index in [2.05, 4.69) is 5.32 Å². The van der Waals surface area contributed by atoms with Gasteiger partial charge in [0.15, 0.2) is 6.29 Å². The van der Waals surface area contributed by atoms with Crippen molar-refractivity contribution in [3.05, 3.63) is 27.7 Å². The van der Waals surface area contributed by atoms with E-state index in [0.717, 1.165) is 17.7 Å². The highest BCUT2D eigenvalue weighted by Gasteiger charge is 2.28. The first-order valence-corrected chi connectivity index (χ1v) is 6.75. The molecule has 3 N–H and O–H groups in total. The topological polar surface area (TPSA) is 67.6 Å². The lowest BCUT2D eigenvalue weighted by Crippen LogP contribution is -2.50. The lowest BCUT2D eigenvalue weighted by atomic mass is 10.1. The second kappa shape index (κ2) is 5.96. The predicted molar refractivity (Wildman–Crippen MR) is 74.6 cm³/mol. The molecule has 104 valence electrons. The zero-order chi connectivity index (χ0) is 14.0. The molecular weight excluding hydrogens is 289 g/mol. The molecule has 2 rings (SSSR count). The van der Waals surface area contributed by atoms with Crippen molar-refractivity contribution in [3.63, 3.8) is 0 Å². The molecule has 1 atom stereocenters. The Morgan fingerprint density at radius 1 is 1.58 bits per heavy atom. The number of nitrogens with one attached hydrogen (secondary N) is 1. The molecule has 0 saturated heterocycles. The number of fused-ring (bicyclic) bond motifs is 1. The molecule has 0 amide bonds. The second-order valence-corrected chi connectivity index (χ2v) is 5.05. The predicted octanol–water partition coefficient (Wildman–Crippen LogP) is 2.72. The maximum absolute atomic E-state index is 11.5. The highest BCUT2D eigenvalue weighted by atomic mass is 35.5. The highest BCUT2D eigenvalue weighted by Crippen LogP contribution is 2.35. The van der Waals surface area contributed by atoms with Crippen molar-refractivity contribution in [2.75, 3.05) is 5.32 Å². The Kier molecular flexibility index (Phi) is 4.52. The van der Waals surface area contributed by atoms with Gasteiger partial charge in [-0.05, 0) is 18.6 Å². The number of hydroxylamine groups is 2. The highest BCUT2D eigenvalue weighted by molar-refractivity contribution is 6.42. The van der Waals surface area contributed by atoms with E-state index in [0.29, 0.717) is 23.0 Å². The average Bonchev–Trinajstić information content (AvgIpc) is 2.36. The minimum Gasteiger partial charge on any atom is -0.364 e. The molecule has 1 aromatic rings. The number of hydrogen-bond acceptors (Lipinski definition) is 5. The van der Waals surface area contributed by atoms with Crippen LogP contribution in [0.1, 0.15) is 25.3 Å². The maximum atomic E-state index is 11.5. The van der Waals surface area contributed by atoms with Crippen LogP contribution < -0.4 is 11.1 Å². The average molecular weight is 304 g/mol. The maximum Gasteiger partial charge on any atom is 0.325 e. The minimum absolute atomic E-state index is 0.304. The first-order valence-electron chi connectivity index (χ1n) is 5.99. The van der Waals surface area contributed by atoms with Crippen LogP contribution in [0.15, 0.2) is 12.1 Å². The third-order valence-electron chi connectivity index (χ3n) is 2.80. The molecule has 1 unspecified atom stereocenters. The number of rotatable bonds is 3. The van der Waals surface area contributed by atoms with E-state index in [9.17, 15) is 4.79 Å². The van der Waals surface area contributed by atoms with E-state index in [-0.39, 0.29) is 5.97 Å². The first kappa shape index (κ1) is 14.4. The normalized spacial score (nSPS) is 18.6. The molecular formula is C12H15Cl2N3O2. The van der Waals surface area contributed by atoms with Gasteiger partial charge in [0.05, 0.1) is 16.6 Å². The zero-order valence-corrected chi connectivity index (χ0v) is 12.0. The van der Waals surface area contributed by atoms with Gasteiger partial charge in [-0.15, -0.1) is 0 Å². The Morgan fingerprint density at radius 3 is 3.00 bits per heavy atom. The molecule has 1 heterocycles. The van der Waals surface area contributed by atoms with E-state index in [1.54, 1.807) is 12.1 Å². The summed E-state index contributed by atoms with van der Waals surface area (Å²) in [6.45, 7) is 2.21. The summed E-state index contributed by atoms with van der Waals surface area (Å²) in [6, 6.07) is 3.50. The molecule has 7 heteroatoms. The summed E-state index contributed by atoms with van der Waals surface area (Å²) in [6.07, 6.45) is 0.461. The Labute approximate surface area is 121 Å². The number of nitrogens with zero attached hydrogens (tertiary/aromatic N) is 1. The number of hydrogen-bond donors (Lipinski definition) is 2. The number of halogens is 2. The summed E-state index contributed by atoms with van der Waals surface area (Å²) in [5, 5.41) is 5.27. The zero-order valence-electron chi connectivity index (χ0n) is 10.5. The smallest absolute Gasteiger partial charge is 0.325 e. The molecule has 0 aromatic heterocycles. The van der Waals surface area contributed by atoms with Gasteiger partial charge in [-0.25, -0.2) is 0 Å². The Morgan fingerprint density at radius 2 is 2.32 bits per heavy atom.